The molecule has 3 rings (SSSR count). The number of fused-ring (bicyclic) bond motifs is 2. The molecular formula is C14H19InN2O2. The van der Waals surface area contributed by atoms with Crippen LogP contribution in [0.2, 0.25) is 0 Å². The molecule has 2 atom stereocenters. The predicted octanol–water partition coefficient (Wildman–Crippen LogP) is 0.535. The summed E-state index contributed by atoms with van der Waals surface area (Å²) in [6.45, 7) is 0. The van der Waals surface area contributed by atoms with Crippen LogP contribution in [0.15, 0.2) is 19.8 Å². The summed E-state index contributed by atoms with van der Waals surface area (Å²) in [4.78, 5) is 26.5. The monoisotopic (exact) mass is 362 g/mol. The van der Waals surface area contributed by atoms with Gasteiger partial charge in [-0.3, -0.25) is 0 Å². The van der Waals surface area contributed by atoms with Gasteiger partial charge in [-0.25, -0.2) is 0 Å². The average Bonchev–Trinajstić information content (AvgIpc) is 2.97. The van der Waals surface area contributed by atoms with Gasteiger partial charge in [0.05, 0.1) is 0 Å². The van der Waals surface area contributed by atoms with Crippen molar-refractivity contribution in [3.63, 3.8) is 0 Å². The number of allylic oxidation sites excluding steroid dienone is 2. The van der Waals surface area contributed by atoms with Gasteiger partial charge in [0.2, 0.25) is 0 Å². The number of rotatable bonds is 3. The average molecular weight is 362 g/mol. The number of piperidine rings is 1. The molecule has 3 heterocycles. The van der Waals surface area contributed by atoms with Crippen LogP contribution in [0.5, 0.6) is 0 Å². The van der Waals surface area contributed by atoms with Crippen molar-refractivity contribution in [2.75, 3.05) is 7.05 Å². The zero-order valence-electron chi connectivity index (χ0n) is 11.2. The van der Waals surface area contributed by atoms with Crippen molar-refractivity contribution in [3.8, 4) is 0 Å². The molecule has 0 spiro atoms. The number of carbonyl (C=O) groups excluding carboxylic acids is 2. The fourth-order valence-electron chi connectivity index (χ4n) is 3.54. The molecule has 3 aliphatic heterocycles. The summed E-state index contributed by atoms with van der Waals surface area (Å²) in [7, 11) is 2.18. The number of hydrogen-bond acceptors (Lipinski definition) is 3. The van der Waals surface area contributed by atoms with Crippen molar-refractivity contribution in [3.05, 3.63) is 19.8 Å². The minimum atomic E-state index is -2.47. The van der Waals surface area contributed by atoms with Gasteiger partial charge in [-0.15, -0.1) is 0 Å². The second-order valence-corrected chi connectivity index (χ2v) is 12.5. The fourth-order valence-corrected chi connectivity index (χ4v) is 8.11. The van der Waals surface area contributed by atoms with E-state index in [-0.39, 0.29) is 15.5 Å². The Morgan fingerprint density at radius 3 is 2.32 bits per heavy atom. The molecule has 5 heteroatoms. The fraction of sp³-hybridized carbons (Fsp3) is 0.571. The summed E-state index contributed by atoms with van der Waals surface area (Å²) in [5.74, 6) is -0.328. The Morgan fingerprint density at radius 1 is 1.16 bits per heavy atom. The van der Waals surface area contributed by atoms with E-state index in [9.17, 15) is 9.59 Å². The first-order valence-electron chi connectivity index (χ1n) is 7.07. The van der Waals surface area contributed by atoms with Crippen LogP contribution < -0.4 is 5.32 Å². The Bertz CT molecular complexity index is 434. The second-order valence-electron chi connectivity index (χ2n) is 5.85. The van der Waals surface area contributed by atoms with Crippen LogP contribution in [0.4, 0.5) is 0 Å². The van der Waals surface area contributed by atoms with E-state index in [1.54, 1.807) is 0 Å². The Labute approximate surface area is 121 Å². The van der Waals surface area contributed by atoms with Crippen molar-refractivity contribution < 1.29 is 9.59 Å². The van der Waals surface area contributed by atoms with Crippen LogP contribution in [0.3, 0.4) is 0 Å². The van der Waals surface area contributed by atoms with E-state index in [1.165, 1.54) is 12.8 Å². The van der Waals surface area contributed by atoms with Gasteiger partial charge in [-0.05, 0) is 0 Å². The summed E-state index contributed by atoms with van der Waals surface area (Å²) >= 11 is -2.47. The van der Waals surface area contributed by atoms with E-state index in [0.29, 0.717) is 12.1 Å². The Balaban J connectivity index is 1.57. The molecule has 19 heavy (non-hydrogen) atoms. The number of nitrogens with zero attached hydrogens (tertiary/aromatic N) is 1. The zero-order chi connectivity index (χ0) is 13.4. The quantitative estimate of drug-likeness (QED) is 0.746. The molecule has 0 saturated carbocycles. The third kappa shape index (κ3) is 2.68. The van der Waals surface area contributed by atoms with Crippen molar-refractivity contribution >= 4 is 30.9 Å². The minimum absolute atomic E-state index is 0.127. The van der Waals surface area contributed by atoms with Crippen LogP contribution >= 0.6 is 0 Å². The van der Waals surface area contributed by atoms with E-state index in [4.69, 9.17) is 0 Å². The number of hydrogen-bond donors (Lipinski definition) is 1. The van der Waals surface area contributed by atoms with Crippen LogP contribution in [0.25, 0.3) is 0 Å². The first-order chi connectivity index (χ1) is 9.15. The number of carbonyl (C=O) groups is 2. The van der Waals surface area contributed by atoms with Crippen molar-refractivity contribution in [1.82, 2.24) is 10.2 Å². The van der Waals surface area contributed by atoms with Gasteiger partial charge in [-0.2, -0.15) is 0 Å². The Hall–Kier alpha value is -0.550. The Morgan fingerprint density at radius 2 is 1.74 bits per heavy atom. The first kappa shape index (κ1) is 13.4. The van der Waals surface area contributed by atoms with Crippen molar-refractivity contribution in [1.29, 1.82) is 0 Å². The summed E-state index contributed by atoms with van der Waals surface area (Å²) in [5.41, 5.74) is 0. The summed E-state index contributed by atoms with van der Waals surface area (Å²) in [5, 5.41) is 2.99. The third-order valence-electron chi connectivity index (χ3n) is 4.71. The van der Waals surface area contributed by atoms with Gasteiger partial charge in [0, 0.05) is 0 Å². The summed E-state index contributed by atoms with van der Waals surface area (Å²) in [6, 6.07) is 1.38. The van der Waals surface area contributed by atoms with E-state index in [2.05, 4.69) is 17.3 Å². The van der Waals surface area contributed by atoms with Gasteiger partial charge in [-0.1, -0.05) is 0 Å². The van der Waals surface area contributed by atoms with Crippen LogP contribution in [0.1, 0.15) is 25.7 Å². The van der Waals surface area contributed by atoms with E-state index < -0.39 is 21.4 Å². The topological polar surface area (TPSA) is 49.4 Å². The van der Waals surface area contributed by atoms with Gasteiger partial charge in [0.25, 0.3) is 0 Å². The van der Waals surface area contributed by atoms with Crippen LogP contribution in [-0.2, 0) is 9.59 Å². The summed E-state index contributed by atoms with van der Waals surface area (Å²) < 4.78 is 3.82. The molecule has 0 aliphatic carbocycles. The number of amides is 1. The van der Waals surface area contributed by atoms with E-state index in [0.717, 1.165) is 12.8 Å². The van der Waals surface area contributed by atoms with Gasteiger partial charge in [0.15, 0.2) is 0 Å². The van der Waals surface area contributed by atoms with E-state index in [1.807, 2.05) is 19.8 Å². The second kappa shape index (κ2) is 5.44. The Kier molecular flexibility index (Phi) is 3.85. The molecule has 4 nitrogen and oxygen atoms in total. The molecule has 100 valence electrons. The van der Waals surface area contributed by atoms with Crippen molar-refractivity contribution in [2.45, 2.75) is 43.8 Å². The summed E-state index contributed by atoms with van der Waals surface area (Å²) in [6.07, 6.45) is 8.27. The van der Waals surface area contributed by atoms with Gasteiger partial charge in [0.1, 0.15) is 0 Å². The molecule has 2 saturated heterocycles. The molecule has 2 fully saturated rings. The first-order valence-corrected chi connectivity index (χ1v) is 12.5. The maximum absolute atomic E-state index is 12.0. The molecular weight excluding hydrogens is 343 g/mol. The molecule has 2 unspecified atom stereocenters. The normalized spacial score (nSPS) is 32.9. The molecule has 1 N–H and O–H groups in total. The standard InChI is InChI=1S/C10H15N2O2.C4H4.In/c1-12-8-2-3-9(12)5-7(4-8)11-10(14)6-13;1-3-4-2;/h7-9H,2-5H2,1H3,(H,11,14);1-4H;. The van der Waals surface area contributed by atoms with E-state index >= 15 is 0 Å². The molecule has 0 radical (unpaired) electrons. The van der Waals surface area contributed by atoms with Crippen LogP contribution in [0, 0.1) is 0 Å². The molecule has 0 aromatic rings. The zero-order valence-corrected chi connectivity index (χ0v) is 14.5. The maximum atomic E-state index is 12.0. The van der Waals surface area contributed by atoms with Gasteiger partial charge >= 0.3 is 121 Å². The molecule has 3 aliphatic rings. The van der Waals surface area contributed by atoms with Gasteiger partial charge < -0.3 is 0 Å². The molecule has 2 bridgehead atoms. The van der Waals surface area contributed by atoms with Crippen molar-refractivity contribution in [2.24, 2.45) is 0 Å². The molecule has 1 amide bonds. The number of nitrogens with one attached hydrogen (secondary N) is 1. The predicted molar refractivity (Wildman–Crippen MR) is 74.8 cm³/mol. The van der Waals surface area contributed by atoms with Crippen LogP contribution in [-0.4, -0.2) is 61.0 Å². The molecule has 0 aromatic heterocycles. The molecule has 0 aromatic carbocycles. The third-order valence-corrected chi connectivity index (χ3v) is 10.8. The SMILES string of the molecule is CN1C2CCC1CC(NC(=O)[C](=O)[In]1[CH]=CC=[CH]1)C2.